The molecule has 2 atom stereocenters. The van der Waals surface area contributed by atoms with E-state index >= 15 is 0 Å². The molecule has 2 unspecified atom stereocenters. The Morgan fingerprint density at radius 3 is 1.95 bits per heavy atom. The average molecular weight is 582 g/mol. The first kappa shape index (κ1) is 38.5. The molecule has 2 fully saturated rings. The summed E-state index contributed by atoms with van der Waals surface area (Å²) in [6.45, 7) is 9.88. The molecule has 0 spiro atoms. The molecule has 1 aliphatic carbocycles. The molecular weight excluding hydrogens is 522 g/mol. The van der Waals surface area contributed by atoms with Gasteiger partial charge in [0.25, 0.3) is 5.91 Å². The highest BCUT2D eigenvalue weighted by atomic mass is 16.2. The third-order valence-electron chi connectivity index (χ3n) is 8.01. The van der Waals surface area contributed by atoms with Crippen LogP contribution in [0.4, 0.5) is 4.79 Å². The number of unbranched alkanes of at least 4 members (excludes halogenated alkanes) is 8. The molecule has 1 saturated heterocycles. The van der Waals surface area contributed by atoms with E-state index in [0.717, 1.165) is 44.9 Å². The Balaban J connectivity index is 0.000000784. The number of primary amides is 1. The van der Waals surface area contributed by atoms with Gasteiger partial charge in [-0.25, -0.2) is 4.79 Å². The molecule has 0 bridgehead atoms. The minimum Gasteiger partial charge on any atom is -0.363 e. The van der Waals surface area contributed by atoms with Crippen LogP contribution in [0.2, 0.25) is 0 Å². The summed E-state index contributed by atoms with van der Waals surface area (Å²) in [7, 11) is 0. The van der Waals surface area contributed by atoms with Crippen LogP contribution < -0.4 is 22.1 Å². The van der Waals surface area contributed by atoms with Crippen LogP contribution in [0.3, 0.4) is 0 Å². The van der Waals surface area contributed by atoms with Crippen LogP contribution in [0.1, 0.15) is 124 Å². The van der Waals surface area contributed by atoms with Crippen LogP contribution in [-0.4, -0.2) is 66.5 Å². The van der Waals surface area contributed by atoms with E-state index in [2.05, 4.69) is 44.1 Å². The predicted octanol–water partition coefficient (Wildman–Crippen LogP) is 4.23. The Morgan fingerprint density at radius 1 is 0.951 bits per heavy atom. The minimum atomic E-state index is -0.926. The molecule has 0 radical (unpaired) electrons. The predicted molar refractivity (Wildman–Crippen MR) is 164 cm³/mol. The SMILES string of the molecule is CC(C)C1CCN(C(=O)CNC(=O)NC2(C)CCCCC2)C1C=O.CCCCCCCCCCCN.NC(=O)C=O. The number of rotatable bonds is 15. The molecule has 4 amide bonds. The zero-order valence-electron chi connectivity index (χ0n) is 26.3. The average Bonchev–Trinajstić information content (AvgIpc) is 3.39. The molecule has 10 heteroatoms. The summed E-state index contributed by atoms with van der Waals surface area (Å²) in [5, 5.41) is 5.67. The van der Waals surface area contributed by atoms with Crippen LogP contribution in [-0.2, 0) is 19.2 Å². The van der Waals surface area contributed by atoms with E-state index in [-0.39, 0.29) is 42.3 Å². The van der Waals surface area contributed by atoms with Gasteiger partial charge in [0.05, 0.1) is 12.6 Å². The van der Waals surface area contributed by atoms with Crippen LogP contribution in [0.15, 0.2) is 0 Å². The van der Waals surface area contributed by atoms with Crippen LogP contribution in [0.25, 0.3) is 0 Å². The van der Waals surface area contributed by atoms with Crippen molar-refractivity contribution in [1.29, 1.82) is 0 Å². The summed E-state index contributed by atoms with van der Waals surface area (Å²) >= 11 is 0. The first-order valence-electron chi connectivity index (χ1n) is 15.8. The van der Waals surface area contributed by atoms with E-state index in [1.165, 1.54) is 64.2 Å². The highest BCUT2D eigenvalue weighted by Gasteiger charge is 2.38. The van der Waals surface area contributed by atoms with Gasteiger partial charge >= 0.3 is 6.03 Å². The molecule has 1 heterocycles. The van der Waals surface area contributed by atoms with Crippen LogP contribution in [0, 0.1) is 11.8 Å². The second-order valence-electron chi connectivity index (χ2n) is 12.0. The molecule has 1 aliphatic heterocycles. The van der Waals surface area contributed by atoms with Crippen molar-refractivity contribution in [2.75, 3.05) is 19.6 Å². The normalized spacial score (nSPS) is 19.2. The number of amides is 4. The fourth-order valence-corrected chi connectivity index (χ4v) is 5.52. The third-order valence-corrected chi connectivity index (χ3v) is 8.01. The van der Waals surface area contributed by atoms with E-state index in [1.54, 1.807) is 4.90 Å². The lowest BCUT2D eigenvalue weighted by atomic mass is 9.83. The molecule has 1 saturated carbocycles. The Labute approximate surface area is 248 Å². The zero-order chi connectivity index (χ0) is 31.1. The van der Waals surface area contributed by atoms with Crippen molar-refractivity contribution in [3.05, 3.63) is 0 Å². The number of nitrogens with zero attached hydrogens (tertiary/aromatic N) is 1. The fraction of sp³-hybridized carbons (Fsp3) is 0.839. The lowest BCUT2D eigenvalue weighted by Crippen LogP contribution is -2.53. The van der Waals surface area contributed by atoms with Crippen molar-refractivity contribution in [3.63, 3.8) is 0 Å². The lowest BCUT2D eigenvalue weighted by molar-refractivity contribution is -0.134. The second-order valence-corrected chi connectivity index (χ2v) is 12.0. The summed E-state index contributed by atoms with van der Waals surface area (Å²) in [5.74, 6) is -0.536. The van der Waals surface area contributed by atoms with E-state index in [1.807, 2.05) is 0 Å². The van der Waals surface area contributed by atoms with Crippen molar-refractivity contribution in [2.24, 2.45) is 23.3 Å². The Morgan fingerprint density at radius 2 is 1.49 bits per heavy atom. The fourth-order valence-electron chi connectivity index (χ4n) is 5.52. The van der Waals surface area contributed by atoms with E-state index in [4.69, 9.17) is 10.5 Å². The molecule has 2 aliphatic rings. The summed E-state index contributed by atoms with van der Waals surface area (Å²) in [6, 6.07) is -0.659. The van der Waals surface area contributed by atoms with Gasteiger partial charge in [0, 0.05) is 12.1 Å². The number of nitrogens with two attached hydrogens (primary N) is 2. The number of aldehydes is 2. The van der Waals surface area contributed by atoms with Gasteiger partial charge in [-0.3, -0.25) is 14.4 Å². The van der Waals surface area contributed by atoms with Gasteiger partial charge in [0.2, 0.25) is 12.2 Å². The zero-order valence-corrected chi connectivity index (χ0v) is 26.3. The van der Waals surface area contributed by atoms with E-state index in [9.17, 15) is 19.2 Å². The molecule has 0 aromatic rings. The van der Waals surface area contributed by atoms with Gasteiger partial charge in [0.1, 0.15) is 6.29 Å². The van der Waals surface area contributed by atoms with Crippen molar-refractivity contribution >= 4 is 30.4 Å². The quantitative estimate of drug-likeness (QED) is 0.128. The molecular formula is C31H59N5O5. The number of hydrogen-bond donors (Lipinski definition) is 4. The Bertz CT molecular complexity index is 745. The maximum atomic E-state index is 12.4. The number of hydrogen-bond acceptors (Lipinski definition) is 6. The van der Waals surface area contributed by atoms with E-state index in [0.29, 0.717) is 12.5 Å². The summed E-state index contributed by atoms with van der Waals surface area (Å²) < 4.78 is 0. The van der Waals surface area contributed by atoms with Gasteiger partial charge in [-0.05, 0) is 51.0 Å². The molecule has 0 aromatic carbocycles. The maximum Gasteiger partial charge on any atom is 0.315 e. The monoisotopic (exact) mass is 581 g/mol. The molecule has 238 valence electrons. The number of carbonyl (C=O) groups is 5. The topological polar surface area (TPSA) is 165 Å². The summed E-state index contributed by atoms with van der Waals surface area (Å²) in [4.78, 5) is 55.7. The van der Waals surface area contributed by atoms with Crippen molar-refractivity contribution in [2.45, 2.75) is 136 Å². The number of urea groups is 1. The van der Waals surface area contributed by atoms with Gasteiger partial charge in [-0.15, -0.1) is 0 Å². The number of carbonyl (C=O) groups excluding carboxylic acids is 5. The van der Waals surface area contributed by atoms with Crippen molar-refractivity contribution in [1.82, 2.24) is 15.5 Å². The number of likely N-dealkylation sites (tertiary alicyclic amines) is 1. The van der Waals surface area contributed by atoms with Gasteiger partial charge < -0.3 is 31.8 Å². The van der Waals surface area contributed by atoms with Crippen LogP contribution in [0.5, 0.6) is 0 Å². The molecule has 2 rings (SSSR count). The second kappa shape index (κ2) is 23.1. The van der Waals surface area contributed by atoms with Gasteiger partial charge in [-0.1, -0.05) is 91.4 Å². The Kier molecular flexibility index (Phi) is 21.7. The molecule has 6 N–H and O–H groups in total. The first-order valence-corrected chi connectivity index (χ1v) is 15.8. The maximum absolute atomic E-state index is 12.4. The molecule has 41 heavy (non-hydrogen) atoms. The number of nitrogens with one attached hydrogen (secondary N) is 2. The molecule has 0 aromatic heterocycles. The lowest BCUT2D eigenvalue weighted by Gasteiger charge is -2.34. The van der Waals surface area contributed by atoms with E-state index < -0.39 is 5.91 Å². The molecule has 10 nitrogen and oxygen atoms in total. The third kappa shape index (κ3) is 17.8. The Hall–Kier alpha value is -2.49. The van der Waals surface area contributed by atoms with Crippen molar-refractivity contribution < 1.29 is 24.0 Å². The minimum absolute atomic E-state index is 0.0556. The van der Waals surface area contributed by atoms with Gasteiger partial charge in [0.15, 0.2) is 0 Å². The summed E-state index contributed by atoms with van der Waals surface area (Å²) in [6.07, 6.45) is 19.7. The summed E-state index contributed by atoms with van der Waals surface area (Å²) in [5.41, 5.74) is 9.52. The first-order chi connectivity index (χ1) is 19.5. The standard InChI is InChI=1S/C18H31N3O3.C11H25N.C2H3NO2/c1-13(2)14-7-10-21(15(14)12-22)16(23)11-19-17(24)20-18(3)8-5-4-6-9-18;1-2-3-4-5-6-7-8-9-10-11-12;3-2(5)1-4/h12-15H,4-11H2,1-3H3,(H2,19,20,24);2-12H2,1H3;1H,(H2,3,5). The highest BCUT2D eigenvalue weighted by molar-refractivity contribution is 6.22. The van der Waals surface area contributed by atoms with Crippen LogP contribution >= 0.6 is 0 Å². The smallest absolute Gasteiger partial charge is 0.315 e. The van der Waals surface area contributed by atoms with Gasteiger partial charge in [-0.2, -0.15) is 0 Å². The largest absolute Gasteiger partial charge is 0.363 e. The highest BCUT2D eigenvalue weighted by Crippen LogP contribution is 2.29. The van der Waals surface area contributed by atoms with Crippen molar-refractivity contribution in [3.8, 4) is 0 Å².